The molecule has 0 radical (unpaired) electrons. The molecule has 0 bridgehead atoms. The number of fused-ring (bicyclic) bond motifs is 1. The van der Waals surface area contributed by atoms with Crippen molar-refractivity contribution in [1.82, 2.24) is 19.7 Å². The molecule has 1 unspecified atom stereocenters. The standard InChI is InChI=1S/C17H19FN4O/c1-2-16-20-17(22(21-16)12-4-3-7-23-10-12)14-9-19-15-8-11(18)5-6-13(14)15/h5-6,8-9,12,19H,2-4,7,10H2,1H3. The first-order valence-electron chi connectivity index (χ1n) is 8.06. The smallest absolute Gasteiger partial charge is 0.160 e. The number of H-pyrrole nitrogens is 1. The van der Waals surface area contributed by atoms with Crippen molar-refractivity contribution in [2.75, 3.05) is 13.2 Å². The van der Waals surface area contributed by atoms with Crippen LogP contribution in [-0.2, 0) is 11.2 Å². The normalized spacial score (nSPS) is 18.6. The predicted octanol–water partition coefficient (Wildman–Crippen LogP) is 3.48. The van der Waals surface area contributed by atoms with Gasteiger partial charge in [-0.15, -0.1) is 0 Å². The van der Waals surface area contributed by atoms with Crippen LogP contribution >= 0.6 is 0 Å². The Kier molecular flexibility index (Phi) is 3.61. The van der Waals surface area contributed by atoms with Crippen molar-refractivity contribution in [3.05, 3.63) is 36.0 Å². The minimum absolute atomic E-state index is 0.206. The summed E-state index contributed by atoms with van der Waals surface area (Å²) >= 11 is 0. The summed E-state index contributed by atoms with van der Waals surface area (Å²) in [6.07, 6.45) is 4.74. The van der Waals surface area contributed by atoms with Gasteiger partial charge in [-0.1, -0.05) is 6.92 Å². The molecule has 1 fully saturated rings. The Bertz CT molecular complexity index is 832. The van der Waals surface area contributed by atoms with E-state index in [1.807, 2.05) is 17.8 Å². The van der Waals surface area contributed by atoms with Gasteiger partial charge in [0, 0.05) is 35.7 Å². The van der Waals surface area contributed by atoms with Gasteiger partial charge >= 0.3 is 0 Å². The highest BCUT2D eigenvalue weighted by atomic mass is 19.1. The third kappa shape index (κ3) is 2.53. The lowest BCUT2D eigenvalue weighted by molar-refractivity contribution is 0.0553. The van der Waals surface area contributed by atoms with Crippen LogP contribution in [0.1, 0.15) is 31.6 Å². The number of hydrogen-bond donors (Lipinski definition) is 1. The van der Waals surface area contributed by atoms with E-state index in [0.717, 1.165) is 54.0 Å². The largest absolute Gasteiger partial charge is 0.379 e. The van der Waals surface area contributed by atoms with E-state index in [0.29, 0.717) is 6.61 Å². The van der Waals surface area contributed by atoms with Crippen LogP contribution in [0.5, 0.6) is 0 Å². The van der Waals surface area contributed by atoms with Crippen molar-refractivity contribution < 1.29 is 9.13 Å². The van der Waals surface area contributed by atoms with Crippen LogP contribution in [0.4, 0.5) is 4.39 Å². The molecule has 1 atom stereocenters. The first kappa shape index (κ1) is 14.4. The van der Waals surface area contributed by atoms with Gasteiger partial charge in [0.15, 0.2) is 11.6 Å². The topological polar surface area (TPSA) is 55.7 Å². The molecule has 4 rings (SSSR count). The van der Waals surface area contributed by atoms with Crippen LogP contribution in [0.3, 0.4) is 0 Å². The molecule has 120 valence electrons. The summed E-state index contributed by atoms with van der Waals surface area (Å²) in [7, 11) is 0. The average Bonchev–Trinajstić information content (AvgIpc) is 3.18. The number of aryl methyl sites for hydroxylation is 1. The van der Waals surface area contributed by atoms with Crippen molar-refractivity contribution in [3.63, 3.8) is 0 Å². The van der Waals surface area contributed by atoms with Gasteiger partial charge in [0.2, 0.25) is 0 Å². The van der Waals surface area contributed by atoms with E-state index in [9.17, 15) is 4.39 Å². The first-order valence-corrected chi connectivity index (χ1v) is 8.06. The predicted molar refractivity (Wildman–Crippen MR) is 85.7 cm³/mol. The van der Waals surface area contributed by atoms with E-state index in [1.54, 1.807) is 6.07 Å². The number of benzene rings is 1. The van der Waals surface area contributed by atoms with Gasteiger partial charge in [0.25, 0.3) is 0 Å². The number of hydrogen-bond acceptors (Lipinski definition) is 3. The molecule has 2 aromatic heterocycles. The first-order chi connectivity index (χ1) is 11.3. The highest BCUT2D eigenvalue weighted by Gasteiger charge is 2.23. The maximum Gasteiger partial charge on any atom is 0.160 e. The number of nitrogens with one attached hydrogen (secondary N) is 1. The molecule has 1 aromatic carbocycles. The fourth-order valence-corrected chi connectivity index (χ4v) is 3.16. The second-order valence-corrected chi connectivity index (χ2v) is 5.91. The zero-order valence-corrected chi connectivity index (χ0v) is 13.1. The Hall–Kier alpha value is -2.21. The molecule has 1 saturated heterocycles. The molecule has 23 heavy (non-hydrogen) atoms. The molecule has 0 spiro atoms. The molecule has 3 aromatic rings. The molecule has 6 heteroatoms. The molecule has 1 aliphatic heterocycles. The molecule has 0 amide bonds. The van der Waals surface area contributed by atoms with Crippen molar-refractivity contribution in [1.29, 1.82) is 0 Å². The van der Waals surface area contributed by atoms with Crippen LogP contribution in [0, 0.1) is 5.82 Å². The Labute approximate surface area is 133 Å². The van der Waals surface area contributed by atoms with E-state index in [4.69, 9.17) is 9.72 Å². The Morgan fingerprint density at radius 3 is 3.13 bits per heavy atom. The van der Waals surface area contributed by atoms with Crippen molar-refractivity contribution in [2.45, 2.75) is 32.2 Å². The number of nitrogens with zero attached hydrogens (tertiary/aromatic N) is 3. The number of aromatic nitrogens is 4. The second-order valence-electron chi connectivity index (χ2n) is 5.91. The monoisotopic (exact) mass is 314 g/mol. The molecule has 3 heterocycles. The van der Waals surface area contributed by atoms with Crippen molar-refractivity contribution in [2.24, 2.45) is 0 Å². The second kappa shape index (κ2) is 5.77. The lowest BCUT2D eigenvalue weighted by Gasteiger charge is -2.23. The van der Waals surface area contributed by atoms with Gasteiger partial charge in [-0.25, -0.2) is 14.1 Å². The molecule has 5 nitrogen and oxygen atoms in total. The lowest BCUT2D eigenvalue weighted by atomic mass is 10.1. The summed E-state index contributed by atoms with van der Waals surface area (Å²) in [5.41, 5.74) is 1.73. The zero-order valence-electron chi connectivity index (χ0n) is 13.1. The van der Waals surface area contributed by atoms with Crippen LogP contribution in [-0.4, -0.2) is 33.0 Å². The Morgan fingerprint density at radius 2 is 2.35 bits per heavy atom. The van der Waals surface area contributed by atoms with Gasteiger partial charge in [-0.2, -0.15) is 5.10 Å². The molecular weight excluding hydrogens is 295 g/mol. The maximum absolute atomic E-state index is 13.4. The van der Waals surface area contributed by atoms with Crippen LogP contribution in [0.15, 0.2) is 24.4 Å². The molecule has 0 saturated carbocycles. The third-order valence-electron chi connectivity index (χ3n) is 4.36. The number of halogens is 1. The van der Waals surface area contributed by atoms with E-state index in [1.165, 1.54) is 12.1 Å². The highest BCUT2D eigenvalue weighted by molar-refractivity contribution is 5.93. The number of ether oxygens (including phenoxy) is 1. The third-order valence-corrected chi connectivity index (χ3v) is 4.36. The molecule has 1 aliphatic rings. The van der Waals surface area contributed by atoms with E-state index in [2.05, 4.69) is 10.1 Å². The average molecular weight is 314 g/mol. The van der Waals surface area contributed by atoms with Gasteiger partial charge in [0.1, 0.15) is 5.82 Å². The van der Waals surface area contributed by atoms with Crippen molar-refractivity contribution >= 4 is 10.9 Å². The Balaban J connectivity index is 1.84. The fraction of sp³-hybridized carbons (Fsp3) is 0.412. The maximum atomic E-state index is 13.4. The highest BCUT2D eigenvalue weighted by Crippen LogP contribution is 2.31. The van der Waals surface area contributed by atoms with Gasteiger partial charge < -0.3 is 9.72 Å². The van der Waals surface area contributed by atoms with E-state index in [-0.39, 0.29) is 11.9 Å². The quantitative estimate of drug-likeness (QED) is 0.805. The summed E-state index contributed by atoms with van der Waals surface area (Å²) in [5.74, 6) is 1.40. The zero-order chi connectivity index (χ0) is 15.8. The molecule has 1 N–H and O–H groups in total. The Morgan fingerprint density at radius 1 is 1.43 bits per heavy atom. The summed E-state index contributed by atoms with van der Waals surface area (Å²) in [6.45, 7) is 3.52. The van der Waals surface area contributed by atoms with Gasteiger partial charge in [-0.3, -0.25) is 0 Å². The minimum Gasteiger partial charge on any atom is -0.379 e. The minimum atomic E-state index is -0.248. The lowest BCUT2D eigenvalue weighted by Crippen LogP contribution is -2.23. The van der Waals surface area contributed by atoms with Crippen LogP contribution in [0.25, 0.3) is 22.3 Å². The summed E-state index contributed by atoms with van der Waals surface area (Å²) in [5, 5.41) is 5.63. The van der Waals surface area contributed by atoms with Crippen molar-refractivity contribution in [3.8, 4) is 11.4 Å². The van der Waals surface area contributed by atoms with Gasteiger partial charge in [0.05, 0.1) is 12.6 Å². The SMILES string of the molecule is CCc1nc(-c2c[nH]c3cc(F)ccc23)n(C2CCCOC2)n1. The van der Waals surface area contributed by atoms with E-state index >= 15 is 0 Å². The van der Waals surface area contributed by atoms with E-state index < -0.39 is 0 Å². The summed E-state index contributed by atoms with van der Waals surface area (Å²) in [6, 6.07) is 4.98. The van der Waals surface area contributed by atoms with Gasteiger partial charge in [-0.05, 0) is 31.0 Å². The molecular formula is C17H19FN4O. The number of rotatable bonds is 3. The van der Waals surface area contributed by atoms with Crippen LogP contribution < -0.4 is 0 Å². The molecule has 0 aliphatic carbocycles. The summed E-state index contributed by atoms with van der Waals surface area (Å²) in [4.78, 5) is 7.83. The summed E-state index contributed by atoms with van der Waals surface area (Å²) < 4.78 is 21.0. The number of aromatic amines is 1. The fourth-order valence-electron chi connectivity index (χ4n) is 3.16. The van der Waals surface area contributed by atoms with Crippen LogP contribution in [0.2, 0.25) is 0 Å².